The van der Waals surface area contributed by atoms with E-state index >= 15 is 0 Å². The largest absolute Gasteiger partial charge is 0.326 e. The summed E-state index contributed by atoms with van der Waals surface area (Å²) >= 11 is 0. The number of nitrogens with one attached hydrogen (secondary N) is 2. The highest BCUT2D eigenvalue weighted by atomic mass is 16.1. The van der Waals surface area contributed by atoms with Gasteiger partial charge in [0.05, 0.1) is 5.52 Å². The van der Waals surface area contributed by atoms with Gasteiger partial charge in [0.15, 0.2) is 0 Å². The zero-order valence-electron chi connectivity index (χ0n) is 11.4. The van der Waals surface area contributed by atoms with Crippen molar-refractivity contribution in [2.45, 2.75) is 27.2 Å². The Labute approximate surface area is 111 Å². The number of carbonyl (C=O) groups is 1. The van der Waals surface area contributed by atoms with Gasteiger partial charge in [-0.05, 0) is 30.5 Å². The maximum atomic E-state index is 11.7. The lowest BCUT2D eigenvalue weighted by Crippen LogP contribution is -2.14. The monoisotopic (exact) mass is 258 g/mol. The Bertz CT molecular complexity index is 671. The van der Waals surface area contributed by atoms with Crippen LogP contribution in [0.5, 0.6) is 0 Å². The minimum Gasteiger partial charge on any atom is -0.326 e. The number of H-pyrrole nitrogens is 1. The molecule has 0 aliphatic rings. The van der Waals surface area contributed by atoms with Gasteiger partial charge in [-0.25, -0.2) is 0 Å². The normalized spacial score (nSPS) is 10.9. The Morgan fingerprint density at radius 3 is 2.74 bits per heavy atom. The highest BCUT2D eigenvalue weighted by molar-refractivity contribution is 5.94. The van der Waals surface area contributed by atoms with Crippen LogP contribution < -0.4 is 10.9 Å². The SMILES string of the molecule is Cc1cc(=O)[nH]c2cc(NC(=O)CC(C)C)ccc12. The molecule has 0 unspecified atom stereocenters. The highest BCUT2D eigenvalue weighted by Crippen LogP contribution is 2.19. The first-order valence-electron chi connectivity index (χ1n) is 6.39. The Morgan fingerprint density at radius 1 is 1.32 bits per heavy atom. The van der Waals surface area contributed by atoms with E-state index in [9.17, 15) is 9.59 Å². The molecule has 1 aromatic carbocycles. The summed E-state index contributed by atoms with van der Waals surface area (Å²) in [5.74, 6) is 0.312. The van der Waals surface area contributed by atoms with Gasteiger partial charge < -0.3 is 10.3 Å². The van der Waals surface area contributed by atoms with Crippen LogP contribution in [0.15, 0.2) is 29.1 Å². The van der Waals surface area contributed by atoms with Crippen molar-refractivity contribution in [2.24, 2.45) is 5.92 Å². The summed E-state index contributed by atoms with van der Waals surface area (Å²) in [5.41, 5.74) is 2.25. The molecule has 1 amide bonds. The summed E-state index contributed by atoms with van der Waals surface area (Å²) < 4.78 is 0. The van der Waals surface area contributed by atoms with Crippen molar-refractivity contribution >= 4 is 22.5 Å². The molecule has 0 spiro atoms. The first-order chi connectivity index (χ1) is 8.95. The molecule has 0 saturated carbocycles. The van der Waals surface area contributed by atoms with Crippen molar-refractivity contribution in [1.82, 2.24) is 4.98 Å². The topological polar surface area (TPSA) is 62.0 Å². The van der Waals surface area contributed by atoms with Gasteiger partial charge in [0.1, 0.15) is 0 Å². The average molecular weight is 258 g/mol. The fourth-order valence-electron chi connectivity index (χ4n) is 2.10. The van der Waals surface area contributed by atoms with Gasteiger partial charge >= 0.3 is 0 Å². The van der Waals surface area contributed by atoms with E-state index in [2.05, 4.69) is 10.3 Å². The number of fused-ring (bicyclic) bond motifs is 1. The van der Waals surface area contributed by atoms with E-state index in [1.165, 1.54) is 0 Å². The van der Waals surface area contributed by atoms with Gasteiger partial charge in [0.25, 0.3) is 0 Å². The first kappa shape index (κ1) is 13.3. The lowest BCUT2D eigenvalue weighted by Gasteiger charge is -2.08. The summed E-state index contributed by atoms with van der Waals surface area (Å²) in [5, 5.41) is 3.83. The predicted octanol–water partition coefficient (Wildman–Crippen LogP) is 2.82. The molecule has 1 aromatic heterocycles. The molecule has 0 bridgehead atoms. The third-order valence-corrected chi connectivity index (χ3v) is 2.93. The molecule has 0 saturated heterocycles. The summed E-state index contributed by atoms with van der Waals surface area (Å²) in [6, 6.07) is 7.12. The number of aromatic nitrogens is 1. The second kappa shape index (κ2) is 5.26. The minimum absolute atomic E-state index is 0.00986. The third kappa shape index (κ3) is 3.22. The van der Waals surface area contributed by atoms with E-state index in [0.717, 1.165) is 16.5 Å². The molecule has 2 rings (SSSR count). The molecule has 2 aromatic rings. The Hall–Kier alpha value is -2.10. The second-order valence-corrected chi connectivity index (χ2v) is 5.22. The molecule has 19 heavy (non-hydrogen) atoms. The van der Waals surface area contributed by atoms with Crippen molar-refractivity contribution in [3.05, 3.63) is 40.2 Å². The van der Waals surface area contributed by atoms with Gasteiger partial charge in [0, 0.05) is 23.6 Å². The van der Waals surface area contributed by atoms with Crippen LogP contribution in [0.4, 0.5) is 5.69 Å². The maximum absolute atomic E-state index is 11.7. The molecule has 0 aliphatic heterocycles. The van der Waals surface area contributed by atoms with E-state index in [4.69, 9.17) is 0 Å². The summed E-state index contributed by atoms with van der Waals surface area (Å²) in [6.45, 7) is 5.90. The zero-order chi connectivity index (χ0) is 14.0. The van der Waals surface area contributed by atoms with Gasteiger partial charge in [-0.3, -0.25) is 9.59 Å². The van der Waals surface area contributed by atoms with Crippen molar-refractivity contribution in [3.8, 4) is 0 Å². The van der Waals surface area contributed by atoms with Crippen LogP contribution in [0, 0.1) is 12.8 Å². The van der Waals surface area contributed by atoms with Crippen LogP contribution in [0.25, 0.3) is 10.9 Å². The smallest absolute Gasteiger partial charge is 0.248 e. The number of amides is 1. The van der Waals surface area contributed by atoms with Crippen LogP contribution >= 0.6 is 0 Å². The molecule has 1 heterocycles. The van der Waals surface area contributed by atoms with Crippen molar-refractivity contribution < 1.29 is 4.79 Å². The quantitative estimate of drug-likeness (QED) is 0.889. The van der Waals surface area contributed by atoms with Gasteiger partial charge in [-0.15, -0.1) is 0 Å². The lowest BCUT2D eigenvalue weighted by molar-refractivity contribution is -0.116. The number of aryl methyl sites for hydroxylation is 1. The van der Waals surface area contributed by atoms with Crippen molar-refractivity contribution in [2.75, 3.05) is 5.32 Å². The van der Waals surface area contributed by atoms with E-state index in [1.54, 1.807) is 12.1 Å². The third-order valence-electron chi connectivity index (χ3n) is 2.93. The number of hydrogen-bond donors (Lipinski definition) is 2. The second-order valence-electron chi connectivity index (χ2n) is 5.22. The van der Waals surface area contributed by atoms with Gasteiger partial charge in [-0.1, -0.05) is 19.9 Å². The van der Waals surface area contributed by atoms with Crippen LogP contribution in [0.3, 0.4) is 0 Å². The van der Waals surface area contributed by atoms with Crippen LogP contribution in [-0.4, -0.2) is 10.9 Å². The molecule has 0 radical (unpaired) electrons. The van der Waals surface area contributed by atoms with Gasteiger partial charge in [0.2, 0.25) is 11.5 Å². The molecule has 4 nitrogen and oxygen atoms in total. The molecular weight excluding hydrogens is 240 g/mol. The Balaban J connectivity index is 2.31. The molecule has 0 fully saturated rings. The van der Waals surface area contributed by atoms with E-state index in [0.29, 0.717) is 18.0 Å². The maximum Gasteiger partial charge on any atom is 0.248 e. The molecule has 4 heteroatoms. The number of anilines is 1. The van der Waals surface area contributed by atoms with Crippen molar-refractivity contribution in [1.29, 1.82) is 0 Å². The summed E-state index contributed by atoms with van der Waals surface area (Å²) in [6.07, 6.45) is 0.488. The lowest BCUT2D eigenvalue weighted by atomic mass is 10.1. The summed E-state index contributed by atoms with van der Waals surface area (Å²) in [4.78, 5) is 25.9. The molecule has 0 aliphatic carbocycles. The fourth-order valence-corrected chi connectivity index (χ4v) is 2.10. The standard InChI is InChI=1S/C15H18N2O2/c1-9(2)6-14(18)16-11-4-5-12-10(3)7-15(19)17-13(12)8-11/h4-5,7-9H,6H2,1-3H3,(H,16,18)(H,17,19). The Kier molecular flexibility index (Phi) is 3.69. The predicted molar refractivity (Wildman–Crippen MR) is 77.4 cm³/mol. The number of aromatic amines is 1. The average Bonchev–Trinajstić information content (AvgIpc) is 2.26. The van der Waals surface area contributed by atoms with E-state index < -0.39 is 0 Å². The van der Waals surface area contributed by atoms with Crippen LogP contribution in [0.2, 0.25) is 0 Å². The number of pyridine rings is 1. The zero-order valence-corrected chi connectivity index (χ0v) is 11.4. The van der Waals surface area contributed by atoms with Crippen LogP contribution in [-0.2, 0) is 4.79 Å². The van der Waals surface area contributed by atoms with Gasteiger partial charge in [-0.2, -0.15) is 0 Å². The fraction of sp³-hybridized carbons (Fsp3) is 0.333. The number of carbonyl (C=O) groups excluding carboxylic acids is 1. The minimum atomic E-state index is -0.129. The molecule has 2 N–H and O–H groups in total. The molecular formula is C15H18N2O2. The molecule has 100 valence electrons. The van der Waals surface area contributed by atoms with Crippen LogP contribution in [0.1, 0.15) is 25.8 Å². The number of rotatable bonds is 3. The van der Waals surface area contributed by atoms with Crippen molar-refractivity contribution in [3.63, 3.8) is 0 Å². The highest BCUT2D eigenvalue weighted by Gasteiger charge is 2.06. The Morgan fingerprint density at radius 2 is 2.05 bits per heavy atom. The number of hydrogen-bond acceptors (Lipinski definition) is 2. The van der Waals surface area contributed by atoms with E-state index in [-0.39, 0.29) is 11.5 Å². The summed E-state index contributed by atoms with van der Waals surface area (Å²) in [7, 11) is 0. The first-order valence-corrected chi connectivity index (χ1v) is 6.39. The molecule has 0 atom stereocenters. The van der Waals surface area contributed by atoms with E-state index in [1.807, 2.05) is 32.9 Å². The number of benzene rings is 1.